The molecule has 5 nitrogen and oxygen atoms in total. The van der Waals surface area contributed by atoms with Gasteiger partial charge in [0.25, 0.3) is 0 Å². The van der Waals surface area contributed by atoms with Gasteiger partial charge in [0.05, 0.1) is 29.6 Å². The number of nitrogens with two attached hydrogens (primary N) is 1. The fourth-order valence-electron chi connectivity index (χ4n) is 2.33. The molecule has 0 radical (unpaired) electrons. The lowest BCUT2D eigenvalue weighted by molar-refractivity contribution is 0.0386. The van der Waals surface area contributed by atoms with Gasteiger partial charge in [-0.2, -0.15) is 0 Å². The maximum atomic E-state index is 11.9. The van der Waals surface area contributed by atoms with Crippen LogP contribution in [0.4, 0.5) is 11.4 Å². The number of benzene rings is 1. The standard InChI is InChI=1S/C15H22N2O3/c1-17(2)14-6-5-11(10-13(14)16)15(18)20-9-7-12-4-3-8-19-12/h5-6,10,12H,3-4,7-9,16H2,1-2H3. The first-order valence-corrected chi connectivity index (χ1v) is 6.93. The minimum Gasteiger partial charge on any atom is -0.462 e. The predicted octanol–water partition coefficient (Wildman–Crippen LogP) is 2.06. The second kappa shape index (κ2) is 6.61. The number of esters is 1. The van der Waals surface area contributed by atoms with Crippen LogP contribution in [0.25, 0.3) is 0 Å². The van der Waals surface area contributed by atoms with Gasteiger partial charge >= 0.3 is 5.97 Å². The van der Waals surface area contributed by atoms with Gasteiger partial charge in [0, 0.05) is 27.1 Å². The molecule has 1 saturated heterocycles. The summed E-state index contributed by atoms with van der Waals surface area (Å²) in [7, 11) is 3.82. The average Bonchev–Trinajstić information content (AvgIpc) is 2.91. The van der Waals surface area contributed by atoms with Gasteiger partial charge in [-0.1, -0.05) is 0 Å². The van der Waals surface area contributed by atoms with E-state index in [0.29, 0.717) is 17.9 Å². The highest BCUT2D eigenvalue weighted by Crippen LogP contribution is 2.23. The molecule has 0 bridgehead atoms. The number of anilines is 2. The van der Waals surface area contributed by atoms with E-state index < -0.39 is 0 Å². The van der Waals surface area contributed by atoms with Crippen LogP contribution in [0.15, 0.2) is 18.2 Å². The molecule has 1 unspecified atom stereocenters. The quantitative estimate of drug-likeness (QED) is 0.659. The number of hydrogen-bond donors (Lipinski definition) is 1. The van der Waals surface area contributed by atoms with Crippen LogP contribution in [0.2, 0.25) is 0 Å². The molecule has 110 valence electrons. The summed E-state index contributed by atoms with van der Waals surface area (Å²) in [6.07, 6.45) is 3.16. The number of ether oxygens (including phenoxy) is 2. The highest BCUT2D eigenvalue weighted by molar-refractivity contribution is 5.92. The monoisotopic (exact) mass is 278 g/mol. The van der Waals surface area contributed by atoms with Gasteiger partial charge in [-0.3, -0.25) is 0 Å². The first-order chi connectivity index (χ1) is 9.58. The minimum absolute atomic E-state index is 0.240. The minimum atomic E-state index is -0.333. The molecule has 1 aromatic carbocycles. The van der Waals surface area contributed by atoms with Crippen molar-refractivity contribution in [2.75, 3.05) is 37.9 Å². The lowest BCUT2D eigenvalue weighted by Gasteiger charge is -2.16. The fraction of sp³-hybridized carbons (Fsp3) is 0.533. The maximum absolute atomic E-state index is 11.9. The normalized spacial score (nSPS) is 18.0. The molecule has 0 aromatic heterocycles. The predicted molar refractivity (Wildman–Crippen MR) is 79.1 cm³/mol. The van der Waals surface area contributed by atoms with Crippen LogP contribution in [-0.2, 0) is 9.47 Å². The number of carbonyl (C=O) groups is 1. The van der Waals surface area contributed by atoms with Crippen molar-refractivity contribution in [3.05, 3.63) is 23.8 Å². The molecule has 1 atom stereocenters. The summed E-state index contributed by atoms with van der Waals surface area (Å²) in [5, 5.41) is 0. The molecular formula is C15H22N2O3. The Hall–Kier alpha value is -1.75. The summed E-state index contributed by atoms with van der Waals surface area (Å²) >= 11 is 0. The van der Waals surface area contributed by atoms with E-state index in [9.17, 15) is 4.79 Å². The highest BCUT2D eigenvalue weighted by atomic mass is 16.5. The van der Waals surface area contributed by atoms with E-state index >= 15 is 0 Å². The Bertz CT molecular complexity index is 468. The summed E-state index contributed by atoms with van der Waals surface area (Å²) in [4.78, 5) is 13.8. The van der Waals surface area contributed by atoms with Crippen LogP contribution >= 0.6 is 0 Å². The molecule has 20 heavy (non-hydrogen) atoms. The lowest BCUT2D eigenvalue weighted by Crippen LogP contribution is -2.14. The molecule has 2 N–H and O–H groups in total. The van der Waals surface area contributed by atoms with Crippen LogP contribution in [0.5, 0.6) is 0 Å². The average molecular weight is 278 g/mol. The van der Waals surface area contributed by atoms with Gasteiger partial charge < -0.3 is 20.1 Å². The fourth-order valence-corrected chi connectivity index (χ4v) is 2.33. The molecule has 0 spiro atoms. The summed E-state index contributed by atoms with van der Waals surface area (Å²) < 4.78 is 10.7. The Labute approximate surface area is 119 Å². The van der Waals surface area contributed by atoms with E-state index in [2.05, 4.69) is 0 Å². The molecule has 1 aromatic rings. The van der Waals surface area contributed by atoms with E-state index in [1.54, 1.807) is 12.1 Å². The number of carbonyl (C=O) groups excluding carboxylic acids is 1. The molecular weight excluding hydrogens is 256 g/mol. The van der Waals surface area contributed by atoms with Crippen LogP contribution < -0.4 is 10.6 Å². The third-order valence-corrected chi connectivity index (χ3v) is 3.44. The third kappa shape index (κ3) is 3.63. The molecule has 0 saturated carbocycles. The second-order valence-corrected chi connectivity index (χ2v) is 5.23. The first-order valence-electron chi connectivity index (χ1n) is 6.93. The first kappa shape index (κ1) is 14.7. The van der Waals surface area contributed by atoms with Crippen molar-refractivity contribution in [3.8, 4) is 0 Å². The van der Waals surface area contributed by atoms with E-state index in [1.165, 1.54) is 0 Å². The Kier molecular flexibility index (Phi) is 4.84. The summed E-state index contributed by atoms with van der Waals surface area (Å²) in [6.45, 7) is 1.21. The zero-order valence-corrected chi connectivity index (χ0v) is 12.1. The number of nitrogens with zero attached hydrogens (tertiary/aromatic N) is 1. The van der Waals surface area contributed by atoms with E-state index in [0.717, 1.165) is 31.6 Å². The molecule has 1 heterocycles. The van der Waals surface area contributed by atoms with Crippen LogP contribution in [0.1, 0.15) is 29.6 Å². The molecule has 0 amide bonds. The van der Waals surface area contributed by atoms with Gasteiger partial charge in [0.15, 0.2) is 0 Å². The molecule has 0 aliphatic carbocycles. The second-order valence-electron chi connectivity index (χ2n) is 5.23. The number of hydrogen-bond acceptors (Lipinski definition) is 5. The van der Waals surface area contributed by atoms with Gasteiger partial charge in [0.1, 0.15) is 0 Å². The summed E-state index contributed by atoms with van der Waals surface area (Å²) in [5.74, 6) is -0.333. The Morgan fingerprint density at radius 2 is 2.30 bits per heavy atom. The molecule has 1 aliphatic heterocycles. The number of rotatable bonds is 5. The molecule has 1 aliphatic rings. The summed E-state index contributed by atoms with van der Waals surface area (Å²) in [5.41, 5.74) is 7.87. The van der Waals surface area contributed by atoms with Crippen LogP contribution in [0.3, 0.4) is 0 Å². The Morgan fingerprint density at radius 3 is 2.90 bits per heavy atom. The van der Waals surface area contributed by atoms with Gasteiger partial charge in [0.2, 0.25) is 0 Å². The van der Waals surface area contributed by atoms with Crippen molar-refractivity contribution in [1.29, 1.82) is 0 Å². The molecule has 5 heteroatoms. The van der Waals surface area contributed by atoms with Crippen molar-refractivity contribution in [1.82, 2.24) is 0 Å². The van der Waals surface area contributed by atoms with Crippen molar-refractivity contribution in [2.45, 2.75) is 25.4 Å². The van der Waals surface area contributed by atoms with E-state index in [1.807, 2.05) is 25.1 Å². The van der Waals surface area contributed by atoms with Gasteiger partial charge in [-0.15, -0.1) is 0 Å². The van der Waals surface area contributed by atoms with E-state index in [-0.39, 0.29) is 12.1 Å². The maximum Gasteiger partial charge on any atom is 0.338 e. The Morgan fingerprint density at radius 1 is 1.50 bits per heavy atom. The lowest BCUT2D eigenvalue weighted by atomic mass is 10.1. The van der Waals surface area contributed by atoms with Gasteiger partial charge in [-0.05, 0) is 31.0 Å². The summed E-state index contributed by atoms with van der Waals surface area (Å²) in [6, 6.07) is 5.22. The van der Waals surface area contributed by atoms with Gasteiger partial charge in [-0.25, -0.2) is 4.79 Å². The third-order valence-electron chi connectivity index (χ3n) is 3.44. The topological polar surface area (TPSA) is 64.8 Å². The van der Waals surface area contributed by atoms with Crippen LogP contribution in [-0.4, -0.2) is 39.4 Å². The Balaban J connectivity index is 1.87. The van der Waals surface area contributed by atoms with Crippen molar-refractivity contribution >= 4 is 17.3 Å². The molecule has 1 fully saturated rings. The van der Waals surface area contributed by atoms with Crippen molar-refractivity contribution in [3.63, 3.8) is 0 Å². The van der Waals surface area contributed by atoms with Crippen molar-refractivity contribution < 1.29 is 14.3 Å². The van der Waals surface area contributed by atoms with Crippen LogP contribution in [0, 0.1) is 0 Å². The highest BCUT2D eigenvalue weighted by Gasteiger charge is 2.16. The SMILES string of the molecule is CN(C)c1ccc(C(=O)OCCC2CCCO2)cc1N. The zero-order chi connectivity index (χ0) is 14.5. The number of nitrogen functional groups attached to an aromatic ring is 1. The zero-order valence-electron chi connectivity index (χ0n) is 12.1. The smallest absolute Gasteiger partial charge is 0.338 e. The molecule has 2 rings (SSSR count). The van der Waals surface area contributed by atoms with Crippen molar-refractivity contribution in [2.24, 2.45) is 0 Å². The van der Waals surface area contributed by atoms with E-state index in [4.69, 9.17) is 15.2 Å². The largest absolute Gasteiger partial charge is 0.462 e.